The maximum atomic E-state index is 6.54. The lowest BCUT2D eigenvalue weighted by Crippen LogP contribution is -2.11. The molecule has 0 atom stereocenters. The van der Waals surface area contributed by atoms with Crippen LogP contribution in [0.4, 0.5) is 17.1 Å². The van der Waals surface area contributed by atoms with Crippen LogP contribution in [-0.2, 0) is 0 Å². The van der Waals surface area contributed by atoms with Crippen LogP contribution in [0.5, 0.6) is 0 Å². The van der Waals surface area contributed by atoms with Gasteiger partial charge in [0.15, 0.2) is 0 Å². The number of furan rings is 2. The van der Waals surface area contributed by atoms with Gasteiger partial charge in [-0.15, -0.1) is 0 Å². The third kappa shape index (κ3) is 5.28. The maximum absolute atomic E-state index is 6.54. The van der Waals surface area contributed by atoms with Crippen LogP contribution in [0.3, 0.4) is 0 Å². The van der Waals surface area contributed by atoms with Crippen LogP contribution in [0.15, 0.2) is 209 Å². The molecule has 0 aliphatic rings. The van der Waals surface area contributed by atoms with Crippen molar-refractivity contribution in [2.45, 2.75) is 0 Å². The van der Waals surface area contributed by atoms with Gasteiger partial charge in [-0.2, -0.15) is 0 Å². The first-order valence-electron chi connectivity index (χ1n) is 18.7. The molecule has 11 rings (SSSR count). The topological polar surface area (TPSA) is 29.5 Å². The molecule has 0 fully saturated rings. The van der Waals surface area contributed by atoms with Crippen molar-refractivity contribution in [3.05, 3.63) is 200 Å². The summed E-state index contributed by atoms with van der Waals surface area (Å²) in [5, 5.41) is 6.85. The van der Waals surface area contributed by atoms with Crippen LogP contribution in [0.25, 0.3) is 88.0 Å². The van der Waals surface area contributed by atoms with E-state index in [4.69, 9.17) is 8.83 Å². The van der Waals surface area contributed by atoms with E-state index in [1.165, 1.54) is 16.3 Å². The lowest BCUT2D eigenvalue weighted by atomic mass is 9.95. The number of anilines is 3. The molecule has 3 nitrogen and oxygen atoms in total. The van der Waals surface area contributed by atoms with Gasteiger partial charge in [0.1, 0.15) is 22.3 Å². The summed E-state index contributed by atoms with van der Waals surface area (Å²) in [6, 6.07) is 71.2. The number of rotatable bonds is 6. The van der Waals surface area contributed by atoms with Gasteiger partial charge in [-0.25, -0.2) is 0 Å². The van der Waals surface area contributed by atoms with E-state index in [9.17, 15) is 0 Å². The van der Waals surface area contributed by atoms with Crippen molar-refractivity contribution in [3.8, 4) is 33.4 Å². The van der Waals surface area contributed by atoms with Gasteiger partial charge in [-0.1, -0.05) is 146 Å². The second-order valence-corrected chi connectivity index (χ2v) is 14.1. The molecule has 0 unspecified atom stereocenters. The van der Waals surface area contributed by atoms with Gasteiger partial charge in [0, 0.05) is 44.0 Å². The van der Waals surface area contributed by atoms with E-state index >= 15 is 0 Å². The summed E-state index contributed by atoms with van der Waals surface area (Å²) in [4.78, 5) is 2.40. The largest absolute Gasteiger partial charge is 0.456 e. The molecule has 0 radical (unpaired) electrons. The molecule has 2 heterocycles. The summed E-state index contributed by atoms with van der Waals surface area (Å²) in [6.45, 7) is 0. The normalized spacial score (nSPS) is 11.6. The van der Waals surface area contributed by atoms with Gasteiger partial charge in [0.25, 0.3) is 0 Å². The molecule has 258 valence electrons. The molecule has 9 aromatic carbocycles. The third-order valence-corrected chi connectivity index (χ3v) is 10.8. The maximum Gasteiger partial charge on any atom is 0.143 e. The average Bonchev–Trinajstić information content (AvgIpc) is 3.82. The van der Waals surface area contributed by atoms with Crippen molar-refractivity contribution in [3.63, 3.8) is 0 Å². The number of hydrogen-bond acceptors (Lipinski definition) is 3. The van der Waals surface area contributed by atoms with Gasteiger partial charge in [-0.3, -0.25) is 0 Å². The van der Waals surface area contributed by atoms with E-state index in [1.807, 2.05) is 24.3 Å². The summed E-state index contributed by atoms with van der Waals surface area (Å²) in [7, 11) is 0. The summed E-state index contributed by atoms with van der Waals surface area (Å²) in [5.74, 6) is 0. The molecule has 0 amide bonds. The summed E-state index contributed by atoms with van der Waals surface area (Å²) < 4.78 is 12.9. The van der Waals surface area contributed by atoms with E-state index < -0.39 is 0 Å². The predicted octanol–water partition coefficient (Wildman–Crippen LogP) is 15.1. The van der Waals surface area contributed by atoms with Crippen LogP contribution in [0.2, 0.25) is 0 Å². The highest BCUT2D eigenvalue weighted by atomic mass is 16.3. The van der Waals surface area contributed by atoms with Crippen molar-refractivity contribution in [1.29, 1.82) is 0 Å². The van der Waals surface area contributed by atoms with Crippen LogP contribution in [-0.4, -0.2) is 0 Å². The van der Waals surface area contributed by atoms with E-state index in [0.717, 1.165) is 88.8 Å². The molecule has 0 aliphatic carbocycles. The highest BCUT2D eigenvalue weighted by Gasteiger charge is 2.21. The molecular weight excluding hydrogens is 671 g/mol. The van der Waals surface area contributed by atoms with Crippen LogP contribution in [0, 0.1) is 0 Å². The molecule has 11 aromatic rings. The Balaban J connectivity index is 1.17. The minimum absolute atomic E-state index is 0.864. The Bertz CT molecular complexity index is 3220. The molecule has 0 bridgehead atoms. The fourth-order valence-corrected chi connectivity index (χ4v) is 8.19. The molecule has 0 saturated carbocycles. The number of para-hydroxylation sites is 3. The number of nitrogens with zero attached hydrogens (tertiary/aromatic N) is 1. The van der Waals surface area contributed by atoms with Gasteiger partial charge >= 0.3 is 0 Å². The zero-order chi connectivity index (χ0) is 36.3. The molecule has 0 N–H and O–H groups in total. The van der Waals surface area contributed by atoms with Crippen LogP contribution in [0.1, 0.15) is 0 Å². The van der Waals surface area contributed by atoms with Crippen LogP contribution < -0.4 is 4.90 Å². The first-order valence-corrected chi connectivity index (χ1v) is 18.7. The molecule has 0 saturated heterocycles. The fourth-order valence-electron chi connectivity index (χ4n) is 8.19. The summed E-state index contributed by atoms with van der Waals surface area (Å²) >= 11 is 0. The zero-order valence-electron chi connectivity index (χ0n) is 29.8. The van der Waals surface area contributed by atoms with Crippen molar-refractivity contribution in [2.75, 3.05) is 4.90 Å². The van der Waals surface area contributed by atoms with Gasteiger partial charge in [0.2, 0.25) is 0 Å². The minimum atomic E-state index is 0.864. The van der Waals surface area contributed by atoms with Gasteiger partial charge < -0.3 is 13.7 Å². The van der Waals surface area contributed by atoms with E-state index in [1.54, 1.807) is 0 Å². The molecule has 2 aromatic heterocycles. The van der Waals surface area contributed by atoms with E-state index in [-0.39, 0.29) is 0 Å². The monoisotopic (exact) mass is 703 g/mol. The Morgan fingerprint density at radius 1 is 0.309 bits per heavy atom. The zero-order valence-corrected chi connectivity index (χ0v) is 29.8. The highest BCUT2D eigenvalue weighted by Crippen LogP contribution is 2.46. The second-order valence-electron chi connectivity index (χ2n) is 14.1. The molecule has 0 aliphatic heterocycles. The summed E-state index contributed by atoms with van der Waals surface area (Å²) in [6.07, 6.45) is 0. The Morgan fingerprint density at radius 2 is 0.945 bits per heavy atom. The smallest absolute Gasteiger partial charge is 0.143 e. The molecule has 0 spiro atoms. The quantitative estimate of drug-likeness (QED) is 0.173. The first kappa shape index (κ1) is 31.2. The van der Waals surface area contributed by atoms with Crippen LogP contribution >= 0.6 is 0 Å². The van der Waals surface area contributed by atoms with E-state index in [2.05, 4.69) is 181 Å². The van der Waals surface area contributed by atoms with Gasteiger partial charge in [-0.05, 0) is 87.6 Å². The van der Waals surface area contributed by atoms with E-state index in [0.29, 0.717) is 0 Å². The Labute approximate surface area is 317 Å². The Hall–Kier alpha value is -7.36. The fraction of sp³-hybridized carbons (Fsp3) is 0. The molecular formula is C52H33NO2. The first-order chi connectivity index (χ1) is 27.2. The van der Waals surface area contributed by atoms with Crippen molar-refractivity contribution >= 4 is 71.7 Å². The second kappa shape index (κ2) is 12.6. The SMILES string of the molecule is c1ccc(-c2ccc(-c3ccc4ccccc4c3)cc2N(c2cccc(-c3cccc4c3oc3ccccc34)c2)c2ccc3oc4ccccc4c3c2)cc1. The van der Waals surface area contributed by atoms with Gasteiger partial charge in [0.05, 0.1) is 5.69 Å². The van der Waals surface area contributed by atoms with Crippen molar-refractivity contribution in [1.82, 2.24) is 0 Å². The lowest BCUT2D eigenvalue weighted by molar-refractivity contribution is 0.669. The predicted molar refractivity (Wildman–Crippen MR) is 229 cm³/mol. The molecule has 55 heavy (non-hydrogen) atoms. The number of fused-ring (bicyclic) bond motifs is 7. The standard InChI is InChI=1S/C52H33NO2/c1-2-13-35(14-3-1)42-28-26-38(37-25-24-34-12-4-5-15-36(34)30-37)32-48(42)53(41-27-29-51-47(33-41)45-19-7-8-22-49(45)54-51)40-17-10-16-39(31-40)43-20-11-21-46-44-18-6-9-23-50(44)55-52(43)46/h1-33H. The minimum Gasteiger partial charge on any atom is -0.456 e. The van der Waals surface area contributed by atoms with Crippen molar-refractivity contribution in [2.24, 2.45) is 0 Å². The Morgan fingerprint density at radius 3 is 1.82 bits per heavy atom. The third-order valence-electron chi connectivity index (χ3n) is 10.8. The lowest BCUT2D eigenvalue weighted by Gasteiger charge is -2.29. The van der Waals surface area contributed by atoms with Crippen molar-refractivity contribution < 1.29 is 8.83 Å². The average molecular weight is 704 g/mol. The number of benzene rings is 9. The number of hydrogen-bond donors (Lipinski definition) is 0. The highest BCUT2D eigenvalue weighted by molar-refractivity contribution is 6.10. The molecule has 3 heteroatoms. The summed E-state index contributed by atoms with van der Waals surface area (Å²) in [5.41, 5.74) is 13.4. The Kier molecular flexibility index (Phi) is 7.17.